The van der Waals surface area contributed by atoms with Crippen molar-refractivity contribution in [3.8, 4) is 0 Å². The first kappa shape index (κ1) is 17.6. The smallest absolute Gasteiger partial charge is 0.257 e. The summed E-state index contributed by atoms with van der Waals surface area (Å²) < 4.78 is 0. The minimum Gasteiger partial charge on any atom is -0.343 e. The maximum absolute atomic E-state index is 11.9. The van der Waals surface area contributed by atoms with Gasteiger partial charge in [-0.3, -0.25) is 20.4 Å². The number of carbonyl (C=O) groups excluding carboxylic acids is 2. The van der Waals surface area contributed by atoms with Crippen LogP contribution in [0.25, 0.3) is 5.70 Å². The van der Waals surface area contributed by atoms with Gasteiger partial charge in [0.05, 0.1) is 12.2 Å². The Labute approximate surface area is 145 Å². The normalized spacial score (nSPS) is 10.8. The predicted octanol–water partition coefficient (Wildman–Crippen LogP) is 2.75. The van der Waals surface area contributed by atoms with Gasteiger partial charge in [-0.2, -0.15) is 0 Å². The number of benzene rings is 2. The summed E-state index contributed by atoms with van der Waals surface area (Å²) in [5.41, 5.74) is 7.57. The maximum Gasteiger partial charge on any atom is 0.257 e. The fourth-order valence-corrected chi connectivity index (χ4v) is 2.10. The Morgan fingerprint density at radius 3 is 2.25 bits per heavy atom. The molecule has 0 saturated heterocycles. The minimum atomic E-state index is -0.354. The van der Waals surface area contributed by atoms with Gasteiger partial charge in [-0.25, -0.2) is 0 Å². The molecule has 0 atom stereocenters. The van der Waals surface area contributed by atoms with E-state index in [0.717, 1.165) is 11.3 Å². The molecular formula is C18H18ClN3O2. The average molecular weight is 344 g/mol. The van der Waals surface area contributed by atoms with Crippen molar-refractivity contribution in [2.24, 2.45) is 0 Å². The highest BCUT2D eigenvalue weighted by molar-refractivity contribution is 6.30. The Morgan fingerprint density at radius 2 is 1.62 bits per heavy atom. The molecular weight excluding hydrogens is 326 g/mol. The Bertz CT molecular complexity index is 728. The van der Waals surface area contributed by atoms with E-state index in [-0.39, 0.29) is 18.4 Å². The predicted molar refractivity (Wildman–Crippen MR) is 95.2 cm³/mol. The van der Waals surface area contributed by atoms with Gasteiger partial charge in [0.15, 0.2) is 0 Å². The van der Waals surface area contributed by atoms with Gasteiger partial charge in [0, 0.05) is 10.6 Å². The molecule has 0 saturated carbocycles. The molecule has 5 nitrogen and oxygen atoms in total. The van der Waals surface area contributed by atoms with Crippen LogP contribution < -0.4 is 16.2 Å². The van der Waals surface area contributed by atoms with Gasteiger partial charge in [0.2, 0.25) is 0 Å². The lowest BCUT2D eigenvalue weighted by Gasteiger charge is -2.12. The Hall–Kier alpha value is -2.79. The van der Waals surface area contributed by atoms with E-state index < -0.39 is 0 Å². The molecule has 2 aromatic carbocycles. The molecule has 0 aromatic heterocycles. The Balaban J connectivity index is 1.81. The van der Waals surface area contributed by atoms with Gasteiger partial charge in [-0.1, -0.05) is 48.0 Å². The molecule has 0 aliphatic carbocycles. The number of nitrogens with one attached hydrogen (secondary N) is 3. The van der Waals surface area contributed by atoms with Gasteiger partial charge < -0.3 is 5.32 Å². The van der Waals surface area contributed by atoms with Crippen LogP contribution in [0.3, 0.4) is 0 Å². The highest BCUT2D eigenvalue weighted by Gasteiger charge is 2.08. The number of hydrazine groups is 1. The van der Waals surface area contributed by atoms with Crippen molar-refractivity contribution < 1.29 is 9.59 Å². The van der Waals surface area contributed by atoms with Gasteiger partial charge in [-0.05, 0) is 36.8 Å². The number of hydrogen-bond acceptors (Lipinski definition) is 3. The van der Waals surface area contributed by atoms with Gasteiger partial charge >= 0.3 is 0 Å². The first-order valence-electron chi connectivity index (χ1n) is 7.40. The summed E-state index contributed by atoms with van der Waals surface area (Å²) in [5.74, 6) is -0.691. The van der Waals surface area contributed by atoms with Crippen LogP contribution in [0, 0.1) is 0 Å². The Kier molecular flexibility index (Phi) is 6.40. The zero-order chi connectivity index (χ0) is 17.4. The Morgan fingerprint density at radius 1 is 0.958 bits per heavy atom. The zero-order valence-electron chi connectivity index (χ0n) is 13.2. The molecule has 2 rings (SSSR count). The van der Waals surface area contributed by atoms with E-state index in [1.165, 1.54) is 0 Å². The van der Waals surface area contributed by atoms with Crippen molar-refractivity contribution in [1.82, 2.24) is 16.2 Å². The van der Waals surface area contributed by atoms with Gasteiger partial charge in [0.1, 0.15) is 0 Å². The third-order valence-electron chi connectivity index (χ3n) is 3.23. The number of allylic oxidation sites excluding steroid dienone is 1. The molecule has 2 aromatic rings. The summed E-state index contributed by atoms with van der Waals surface area (Å²) in [6.45, 7) is 1.73. The lowest BCUT2D eigenvalue weighted by molar-refractivity contribution is -0.120. The third-order valence-corrected chi connectivity index (χ3v) is 3.48. The van der Waals surface area contributed by atoms with E-state index in [9.17, 15) is 9.59 Å². The van der Waals surface area contributed by atoms with E-state index in [4.69, 9.17) is 11.6 Å². The van der Waals surface area contributed by atoms with Crippen molar-refractivity contribution in [3.63, 3.8) is 0 Å². The zero-order valence-corrected chi connectivity index (χ0v) is 13.9. The molecule has 2 amide bonds. The maximum atomic E-state index is 11.9. The largest absolute Gasteiger partial charge is 0.343 e. The van der Waals surface area contributed by atoms with Crippen molar-refractivity contribution >= 4 is 29.1 Å². The molecule has 0 unspecified atom stereocenters. The highest BCUT2D eigenvalue weighted by Crippen LogP contribution is 2.10. The molecule has 0 heterocycles. The highest BCUT2D eigenvalue weighted by atomic mass is 35.5. The fourth-order valence-electron chi connectivity index (χ4n) is 1.97. The number of rotatable bonds is 6. The van der Waals surface area contributed by atoms with Gasteiger partial charge in [0.25, 0.3) is 11.8 Å². The number of halogens is 1. The first-order chi connectivity index (χ1) is 11.6. The fraction of sp³-hybridized carbons (Fsp3) is 0.111. The summed E-state index contributed by atoms with van der Waals surface area (Å²) in [7, 11) is 0. The van der Waals surface area contributed by atoms with Crippen LogP contribution in [-0.4, -0.2) is 18.4 Å². The first-order valence-corrected chi connectivity index (χ1v) is 7.78. The van der Waals surface area contributed by atoms with E-state index >= 15 is 0 Å². The van der Waals surface area contributed by atoms with Crippen LogP contribution in [0.2, 0.25) is 5.02 Å². The standard InChI is InChI=1S/C18H18ClN3O2/c1-2-16(13-6-4-3-5-7-13)21-22-17(23)12-20-18(24)14-8-10-15(19)11-9-14/h2-11,21H,12H2,1H3,(H,20,24)(H,22,23). The van der Waals surface area contributed by atoms with E-state index in [1.807, 2.05) is 43.3 Å². The molecule has 6 heteroatoms. The third kappa shape index (κ3) is 5.14. The van der Waals surface area contributed by atoms with E-state index in [0.29, 0.717) is 10.6 Å². The molecule has 0 radical (unpaired) electrons. The van der Waals surface area contributed by atoms with Gasteiger partial charge in [-0.15, -0.1) is 0 Å². The van der Waals surface area contributed by atoms with E-state index in [2.05, 4.69) is 16.2 Å². The van der Waals surface area contributed by atoms with Crippen LogP contribution in [0.15, 0.2) is 60.7 Å². The number of carbonyl (C=O) groups is 2. The minimum absolute atomic E-state index is 0.139. The van der Waals surface area contributed by atoms with Crippen LogP contribution in [0.4, 0.5) is 0 Å². The molecule has 24 heavy (non-hydrogen) atoms. The summed E-state index contributed by atoms with van der Waals surface area (Å²) in [6, 6.07) is 16.0. The molecule has 0 aliphatic heterocycles. The SMILES string of the molecule is CC=C(NNC(=O)CNC(=O)c1ccc(Cl)cc1)c1ccccc1. The van der Waals surface area contributed by atoms with Crippen LogP contribution in [-0.2, 0) is 4.79 Å². The molecule has 3 N–H and O–H groups in total. The molecule has 0 bridgehead atoms. The molecule has 0 fully saturated rings. The van der Waals surface area contributed by atoms with Crippen LogP contribution in [0.5, 0.6) is 0 Å². The average Bonchev–Trinajstić information content (AvgIpc) is 2.61. The van der Waals surface area contributed by atoms with Crippen LogP contribution >= 0.6 is 11.6 Å². The monoisotopic (exact) mass is 343 g/mol. The summed E-state index contributed by atoms with van der Waals surface area (Å²) in [5, 5.41) is 3.10. The quantitative estimate of drug-likeness (QED) is 0.706. The van der Waals surface area contributed by atoms with Crippen LogP contribution in [0.1, 0.15) is 22.8 Å². The second-order valence-corrected chi connectivity index (χ2v) is 5.37. The molecule has 0 aliphatic rings. The second-order valence-electron chi connectivity index (χ2n) is 4.93. The summed E-state index contributed by atoms with van der Waals surface area (Å²) in [6.07, 6.45) is 1.85. The number of amides is 2. The van der Waals surface area contributed by atoms with Crippen molar-refractivity contribution in [2.75, 3.05) is 6.54 Å². The lowest BCUT2D eigenvalue weighted by atomic mass is 10.1. The van der Waals surface area contributed by atoms with Crippen molar-refractivity contribution in [3.05, 3.63) is 76.8 Å². The van der Waals surface area contributed by atoms with E-state index in [1.54, 1.807) is 24.3 Å². The van der Waals surface area contributed by atoms with Crippen molar-refractivity contribution in [2.45, 2.75) is 6.92 Å². The lowest BCUT2D eigenvalue weighted by Crippen LogP contribution is -2.43. The number of hydrogen-bond donors (Lipinski definition) is 3. The molecule has 124 valence electrons. The topological polar surface area (TPSA) is 70.2 Å². The van der Waals surface area contributed by atoms with Crippen molar-refractivity contribution in [1.29, 1.82) is 0 Å². The summed E-state index contributed by atoms with van der Waals surface area (Å²) >= 11 is 5.77. The summed E-state index contributed by atoms with van der Waals surface area (Å²) in [4.78, 5) is 23.8. The second kappa shape index (κ2) is 8.74. The molecule has 0 spiro atoms.